The normalized spacial score (nSPS) is 28.6. The van der Waals surface area contributed by atoms with Crippen molar-refractivity contribution in [3.8, 4) is 0 Å². The van der Waals surface area contributed by atoms with Gasteiger partial charge in [0, 0.05) is 7.11 Å². The van der Waals surface area contributed by atoms with E-state index in [4.69, 9.17) is 9.47 Å². The number of methoxy groups -OCH3 is 1. The number of azo groups is 1. The molecule has 108 valence electrons. The molecule has 1 saturated carbocycles. The van der Waals surface area contributed by atoms with Crippen molar-refractivity contribution < 1.29 is 9.47 Å². The lowest BCUT2D eigenvalue weighted by Crippen LogP contribution is -2.39. The molecule has 1 fully saturated rings. The molecule has 0 radical (unpaired) electrons. The van der Waals surface area contributed by atoms with Gasteiger partial charge < -0.3 is 4.74 Å². The molecule has 1 unspecified atom stereocenters. The van der Waals surface area contributed by atoms with Gasteiger partial charge in [0.2, 0.25) is 0 Å². The number of ether oxygens (including phenoxy) is 2. The molecule has 2 aliphatic rings. The molecule has 0 amide bonds. The van der Waals surface area contributed by atoms with Crippen LogP contribution >= 0.6 is 0 Å². The predicted octanol–water partition coefficient (Wildman–Crippen LogP) is 4.06. The Labute approximate surface area is 120 Å². The zero-order chi connectivity index (χ0) is 13.9. The Hall–Kier alpha value is -1.26. The Morgan fingerprint density at radius 2 is 1.75 bits per heavy atom. The van der Waals surface area contributed by atoms with Crippen LogP contribution in [0.25, 0.3) is 0 Å². The summed E-state index contributed by atoms with van der Waals surface area (Å²) in [5.74, 6) is -0.939. The molecule has 0 bridgehead atoms. The lowest BCUT2D eigenvalue weighted by Gasteiger charge is -2.29. The smallest absolute Gasteiger partial charge is 0.293 e. The maximum absolute atomic E-state index is 6.26. The first-order valence-corrected chi connectivity index (χ1v) is 7.49. The number of nitrogens with zero attached hydrogens (tertiary/aromatic N) is 2. The molecule has 1 aliphatic carbocycles. The maximum atomic E-state index is 6.26. The van der Waals surface area contributed by atoms with Crippen LogP contribution in [0.15, 0.2) is 40.6 Å². The molecule has 4 nitrogen and oxygen atoms in total. The van der Waals surface area contributed by atoms with Crippen molar-refractivity contribution in [3.63, 3.8) is 0 Å². The highest BCUT2D eigenvalue weighted by Crippen LogP contribution is 2.42. The summed E-state index contributed by atoms with van der Waals surface area (Å²) in [4.78, 5) is 0. The van der Waals surface area contributed by atoms with Gasteiger partial charge in [0.15, 0.2) is 5.72 Å². The van der Waals surface area contributed by atoms with Gasteiger partial charge in [-0.05, 0) is 31.2 Å². The summed E-state index contributed by atoms with van der Waals surface area (Å²) in [5, 5.41) is 8.87. The van der Waals surface area contributed by atoms with Gasteiger partial charge in [-0.15, -0.1) is 5.11 Å². The summed E-state index contributed by atoms with van der Waals surface area (Å²) in [6, 6.07) is 10.2. The first-order chi connectivity index (χ1) is 9.76. The van der Waals surface area contributed by atoms with Crippen LogP contribution in [0.5, 0.6) is 0 Å². The van der Waals surface area contributed by atoms with Crippen molar-refractivity contribution in [2.24, 2.45) is 10.2 Å². The van der Waals surface area contributed by atoms with Crippen LogP contribution in [-0.4, -0.2) is 18.7 Å². The quantitative estimate of drug-likeness (QED) is 0.834. The van der Waals surface area contributed by atoms with E-state index >= 15 is 0 Å². The Kier molecular flexibility index (Phi) is 3.85. The van der Waals surface area contributed by atoms with Gasteiger partial charge in [0.25, 0.3) is 5.91 Å². The fraction of sp³-hybridized carbons (Fsp3) is 0.625. The highest BCUT2D eigenvalue weighted by atomic mass is 16.7. The second kappa shape index (κ2) is 5.62. The highest BCUT2D eigenvalue weighted by Gasteiger charge is 2.48. The molecule has 1 spiro atoms. The summed E-state index contributed by atoms with van der Waals surface area (Å²) < 4.78 is 11.8. The molecule has 3 rings (SSSR count). The van der Waals surface area contributed by atoms with E-state index in [1.54, 1.807) is 7.11 Å². The van der Waals surface area contributed by atoms with E-state index in [1.165, 1.54) is 12.8 Å². The molecule has 0 saturated heterocycles. The lowest BCUT2D eigenvalue weighted by molar-refractivity contribution is -0.248. The van der Waals surface area contributed by atoms with Crippen molar-refractivity contribution in [1.29, 1.82) is 0 Å². The molecular weight excluding hydrogens is 252 g/mol. The summed E-state index contributed by atoms with van der Waals surface area (Å²) >= 11 is 0. The van der Waals surface area contributed by atoms with Gasteiger partial charge in [0.05, 0.1) is 6.42 Å². The summed E-state index contributed by atoms with van der Waals surface area (Å²) in [7, 11) is 1.65. The van der Waals surface area contributed by atoms with Crippen LogP contribution in [0.3, 0.4) is 0 Å². The van der Waals surface area contributed by atoms with Crippen LogP contribution in [-0.2, 0) is 15.9 Å². The average Bonchev–Trinajstić information content (AvgIpc) is 2.67. The Morgan fingerprint density at radius 3 is 2.40 bits per heavy atom. The molecule has 1 heterocycles. The molecule has 20 heavy (non-hydrogen) atoms. The van der Waals surface area contributed by atoms with Crippen molar-refractivity contribution in [2.45, 2.75) is 56.6 Å². The second-order valence-electron chi connectivity index (χ2n) is 5.74. The Morgan fingerprint density at radius 1 is 1.05 bits per heavy atom. The van der Waals surface area contributed by atoms with Gasteiger partial charge in [-0.25, -0.2) is 0 Å². The van der Waals surface area contributed by atoms with E-state index in [0.29, 0.717) is 6.42 Å². The van der Waals surface area contributed by atoms with Crippen LogP contribution in [0.1, 0.15) is 44.1 Å². The monoisotopic (exact) mass is 274 g/mol. The average molecular weight is 274 g/mol. The lowest BCUT2D eigenvalue weighted by atomic mass is 10.1. The summed E-state index contributed by atoms with van der Waals surface area (Å²) in [5.41, 5.74) is 0.709. The zero-order valence-electron chi connectivity index (χ0n) is 12.0. The highest BCUT2D eigenvalue weighted by molar-refractivity contribution is 5.16. The minimum atomic E-state index is -0.939. The Bertz CT molecular complexity index is 467. The largest absolute Gasteiger partial charge is 0.333 e. The van der Waals surface area contributed by atoms with Crippen LogP contribution in [0.2, 0.25) is 0 Å². The second-order valence-corrected chi connectivity index (χ2v) is 5.74. The van der Waals surface area contributed by atoms with E-state index in [1.807, 2.05) is 18.2 Å². The van der Waals surface area contributed by atoms with Gasteiger partial charge in [-0.1, -0.05) is 43.2 Å². The zero-order valence-corrected chi connectivity index (χ0v) is 12.0. The van der Waals surface area contributed by atoms with Crippen molar-refractivity contribution in [3.05, 3.63) is 35.9 Å². The maximum Gasteiger partial charge on any atom is 0.293 e. The fourth-order valence-electron chi connectivity index (χ4n) is 3.07. The molecule has 0 aromatic heterocycles. The standard InChI is InChI=1S/C16H22N2O2/c1-19-16(13-14-9-5-4-6-10-14)18-17-15(20-16)11-7-2-3-8-12-15/h4-6,9-10H,2-3,7-8,11-13H2,1H3. The molecule has 0 N–H and O–H groups in total. The van der Waals surface area contributed by atoms with Crippen molar-refractivity contribution >= 4 is 0 Å². The van der Waals surface area contributed by atoms with Crippen LogP contribution < -0.4 is 0 Å². The van der Waals surface area contributed by atoms with Crippen molar-refractivity contribution in [1.82, 2.24) is 0 Å². The van der Waals surface area contributed by atoms with E-state index in [2.05, 4.69) is 22.4 Å². The first kappa shape index (κ1) is 13.7. The van der Waals surface area contributed by atoms with E-state index < -0.39 is 11.6 Å². The molecular formula is C16H22N2O2. The molecule has 1 aliphatic heterocycles. The SMILES string of the molecule is COC1(Cc2ccccc2)N=NC2(CCCCCC2)O1. The number of benzene rings is 1. The first-order valence-electron chi connectivity index (χ1n) is 7.49. The van der Waals surface area contributed by atoms with Gasteiger partial charge in [0.1, 0.15) is 0 Å². The number of hydrogen-bond donors (Lipinski definition) is 0. The molecule has 4 heteroatoms. The van der Waals surface area contributed by atoms with Crippen LogP contribution in [0.4, 0.5) is 0 Å². The summed E-state index contributed by atoms with van der Waals surface area (Å²) in [6.07, 6.45) is 7.36. The van der Waals surface area contributed by atoms with Gasteiger partial charge >= 0.3 is 0 Å². The summed E-state index contributed by atoms with van der Waals surface area (Å²) in [6.45, 7) is 0. The minimum absolute atomic E-state index is 0.443. The third kappa shape index (κ3) is 2.76. The van der Waals surface area contributed by atoms with Gasteiger partial charge in [-0.3, -0.25) is 4.74 Å². The van der Waals surface area contributed by atoms with E-state index in [-0.39, 0.29) is 0 Å². The molecule has 1 atom stereocenters. The topological polar surface area (TPSA) is 43.2 Å². The minimum Gasteiger partial charge on any atom is -0.333 e. The van der Waals surface area contributed by atoms with E-state index in [0.717, 1.165) is 31.2 Å². The molecule has 1 aromatic carbocycles. The Balaban J connectivity index is 1.76. The third-order valence-electron chi connectivity index (χ3n) is 4.21. The van der Waals surface area contributed by atoms with Crippen molar-refractivity contribution in [2.75, 3.05) is 7.11 Å². The van der Waals surface area contributed by atoms with Gasteiger partial charge in [-0.2, -0.15) is 5.11 Å². The van der Waals surface area contributed by atoms with Crippen LogP contribution in [0, 0.1) is 0 Å². The third-order valence-corrected chi connectivity index (χ3v) is 4.21. The number of hydrogen-bond acceptors (Lipinski definition) is 4. The van der Waals surface area contributed by atoms with E-state index in [9.17, 15) is 0 Å². The number of rotatable bonds is 3. The molecule has 1 aromatic rings. The fourth-order valence-corrected chi connectivity index (χ4v) is 3.07. The predicted molar refractivity (Wildman–Crippen MR) is 76.3 cm³/mol.